The molecule has 0 N–H and O–H groups in total. The van der Waals surface area contributed by atoms with E-state index in [1.807, 2.05) is 25.2 Å². The van der Waals surface area contributed by atoms with Gasteiger partial charge in [-0.1, -0.05) is 12.2 Å². The molecule has 0 aromatic heterocycles. The highest BCUT2D eigenvalue weighted by molar-refractivity contribution is 5.70. The lowest BCUT2D eigenvalue weighted by molar-refractivity contribution is 0.139. The van der Waals surface area contributed by atoms with Gasteiger partial charge in [-0.2, -0.15) is 0 Å². The lowest BCUT2D eigenvalue weighted by Crippen LogP contribution is -2.30. The van der Waals surface area contributed by atoms with Gasteiger partial charge in [0.25, 0.3) is 0 Å². The van der Waals surface area contributed by atoms with E-state index in [9.17, 15) is 4.79 Å². The number of hydrogen-bond acceptors (Lipinski definition) is 2. The second-order valence-electron chi connectivity index (χ2n) is 2.32. The molecule has 1 heterocycles. The Bertz CT molecular complexity index is 218. The van der Waals surface area contributed by atoms with Crippen LogP contribution in [-0.4, -0.2) is 24.6 Å². The van der Waals surface area contributed by atoms with Crippen LogP contribution in [0.2, 0.25) is 0 Å². The first kappa shape index (κ1) is 7.85. The van der Waals surface area contributed by atoms with Crippen molar-refractivity contribution in [1.82, 2.24) is 4.90 Å². The molecule has 1 aliphatic heterocycles. The highest BCUT2D eigenvalue weighted by Gasteiger charge is 2.14. The summed E-state index contributed by atoms with van der Waals surface area (Å²) in [5, 5.41) is 0. The highest BCUT2D eigenvalue weighted by atomic mass is 16.5. The van der Waals surface area contributed by atoms with Crippen molar-refractivity contribution < 1.29 is 9.53 Å². The van der Waals surface area contributed by atoms with E-state index in [4.69, 9.17) is 0 Å². The van der Waals surface area contributed by atoms with Gasteiger partial charge in [-0.3, -0.25) is 4.90 Å². The van der Waals surface area contributed by atoms with E-state index >= 15 is 0 Å². The largest absolute Gasteiger partial charge is 0.452 e. The third-order valence-electron chi connectivity index (χ3n) is 1.58. The third kappa shape index (κ3) is 1.61. The first-order chi connectivity index (χ1) is 5.25. The summed E-state index contributed by atoms with van der Waals surface area (Å²) in [6.07, 6.45) is 5.40. The van der Waals surface area contributed by atoms with Crippen molar-refractivity contribution in [3.05, 3.63) is 23.9 Å². The first-order valence-electron chi connectivity index (χ1n) is 3.44. The average molecular weight is 153 g/mol. The van der Waals surface area contributed by atoms with Crippen LogP contribution in [0.25, 0.3) is 0 Å². The third-order valence-corrected chi connectivity index (χ3v) is 1.58. The summed E-state index contributed by atoms with van der Waals surface area (Å²) in [7, 11) is 1.38. The predicted octanol–water partition coefficient (Wildman–Crippen LogP) is 1.53. The Hall–Kier alpha value is -1.25. The molecule has 0 saturated carbocycles. The lowest BCUT2D eigenvalue weighted by Gasteiger charge is -2.21. The fourth-order valence-electron chi connectivity index (χ4n) is 0.936. The van der Waals surface area contributed by atoms with Crippen LogP contribution in [0, 0.1) is 0 Å². The van der Waals surface area contributed by atoms with E-state index in [2.05, 4.69) is 4.74 Å². The molecule has 0 aliphatic carbocycles. The van der Waals surface area contributed by atoms with Crippen molar-refractivity contribution in [3.8, 4) is 0 Å². The molecule has 0 fully saturated rings. The molecule has 0 unspecified atom stereocenters. The van der Waals surface area contributed by atoms with Crippen LogP contribution in [0.15, 0.2) is 23.9 Å². The van der Waals surface area contributed by atoms with E-state index < -0.39 is 0 Å². The van der Waals surface area contributed by atoms with Crippen LogP contribution in [0.3, 0.4) is 0 Å². The Balaban J connectivity index is 2.68. The van der Waals surface area contributed by atoms with Gasteiger partial charge < -0.3 is 4.74 Å². The van der Waals surface area contributed by atoms with Crippen molar-refractivity contribution in [3.63, 3.8) is 0 Å². The average Bonchev–Trinajstić information content (AvgIpc) is 2.04. The van der Waals surface area contributed by atoms with Crippen LogP contribution < -0.4 is 0 Å². The molecule has 0 aromatic carbocycles. The molecule has 0 spiro atoms. The minimum absolute atomic E-state index is 0.303. The first-order valence-corrected chi connectivity index (χ1v) is 3.44. The van der Waals surface area contributed by atoms with Gasteiger partial charge in [-0.05, 0) is 13.0 Å². The van der Waals surface area contributed by atoms with Crippen LogP contribution in [0.5, 0.6) is 0 Å². The maximum absolute atomic E-state index is 11.0. The standard InChI is InChI=1S/C8H11NO2/c1-7-5-3-4-6-9(7)8(10)11-2/h3-5H,6H2,1-2H3. The number of nitrogens with zero attached hydrogens (tertiary/aromatic N) is 1. The topological polar surface area (TPSA) is 29.5 Å². The van der Waals surface area contributed by atoms with Crippen molar-refractivity contribution >= 4 is 6.09 Å². The van der Waals surface area contributed by atoms with Crippen molar-refractivity contribution in [2.24, 2.45) is 0 Å². The Morgan fingerprint density at radius 2 is 2.45 bits per heavy atom. The number of carbonyl (C=O) groups excluding carboxylic acids is 1. The fourth-order valence-corrected chi connectivity index (χ4v) is 0.936. The fraction of sp³-hybridized carbons (Fsp3) is 0.375. The summed E-state index contributed by atoms with van der Waals surface area (Å²) < 4.78 is 4.57. The summed E-state index contributed by atoms with van der Waals surface area (Å²) >= 11 is 0. The maximum Gasteiger partial charge on any atom is 0.414 e. The quantitative estimate of drug-likeness (QED) is 0.528. The summed E-state index contributed by atoms with van der Waals surface area (Å²) in [6.45, 7) is 2.48. The zero-order valence-electron chi connectivity index (χ0n) is 6.70. The number of rotatable bonds is 0. The van der Waals surface area contributed by atoms with Gasteiger partial charge in [-0.15, -0.1) is 0 Å². The molecular weight excluding hydrogens is 142 g/mol. The van der Waals surface area contributed by atoms with Crippen LogP contribution in [0.4, 0.5) is 4.79 Å². The Morgan fingerprint density at radius 3 is 3.00 bits per heavy atom. The summed E-state index contributed by atoms with van der Waals surface area (Å²) in [6, 6.07) is 0. The molecular formula is C8H11NO2. The van der Waals surface area contributed by atoms with Gasteiger partial charge in [-0.25, -0.2) is 4.79 Å². The van der Waals surface area contributed by atoms with E-state index in [0.29, 0.717) is 6.54 Å². The van der Waals surface area contributed by atoms with Gasteiger partial charge >= 0.3 is 6.09 Å². The summed E-state index contributed by atoms with van der Waals surface area (Å²) in [5.74, 6) is 0. The smallest absolute Gasteiger partial charge is 0.414 e. The molecule has 3 nitrogen and oxygen atoms in total. The Labute approximate surface area is 65.9 Å². The van der Waals surface area contributed by atoms with Crippen molar-refractivity contribution in [2.75, 3.05) is 13.7 Å². The van der Waals surface area contributed by atoms with Crippen LogP contribution >= 0.6 is 0 Å². The molecule has 60 valence electrons. The van der Waals surface area contributed by atoms with E-state index in [0.717, 1.165) is 5.70 Å². The number of amides is 1. The zero-order chi connectivity index (χ0) is 8.27. The number of hydrogen-bond donors (Lipinski definition) is 0. The molecule has 0 aromatic rings. The van der Waals surface area contributed by atoms with Gasteiger partial charge in [0, 0.05) is 12.2 Å². The number of methoxy groups -OCH3 is 1. The summed E-state index contributed by atoms with van der Waals surface area (Å²) in [4.78, 5) is 12.6. The minimum Gasteiger partial charge on any atom is -0.452 e. The SMILES string of the molecule is COC(=O)N1CC=CC=C1C. The monoisotopic (exact) mass is 153 g/mol. The second-order valence-corrected chi connectivity index (χ2v) is 2.32. The van der Waals surface area contributed by atoms with Gasteiger partial charge in [0.2, 0.25) is 0 Å². The number of allylic oxidation sites excluding steroid dienone is 3. The van der Waals surface area contributed by atoms with Gasteiger partial charge in [0.1, 0.15) is 0 Å². The lowest BCUT2D eigenvalue weighted by atomic mass is 10.3. The van der Waals surface area contributed by atoms with E-state index in [1.165, 1.54) is 7.11 Å². The predicted molar refractivity (Wildman–Crippen MR) is 42.0 cm³/mol. The van der Waals surface area contributed by atoms with E-state index in [1.54, 1.807) is 4.90 Å². The molecule has 0 saturated heterocycles. The Kier molecular flexibility index (Phi) is 2.31. The molecule has 0 atom stereocenters. The molecule has 1 amide bonds. The molecule has 1 aliphatic rings. The Morgan fingerprint density at radius 1 is 1.73 bits per heavy atom. The maximum atomic E-state index is 11.0. The highest BCUT2D eigenvalue weighted by Crippen LogP contribution is 2.09. The summed E-state index contributed by atoms with van der Waals surface area (Å²) in [5.41, 5.74) is 0.916. The zero-order valence-corrected chi connectivity index (χ0v) is 6.70. The van der Waals surface area contributed by atoms with Crippen LogP contribution in [-0.2, 0) is 4.74 Å². The molecule has 0 radical (unpaired) electrons. The van der Waals surface area contributed by atoms with Crippen molar-refractivity contribution in [2.45, 2.75) is 6.92 Å². The second kappa shape index (κ2) is 3.23. The molecule has 1 rings (SSSR count). The van der Waals surface area contributed by atoms with Crippen molar-refractivity contribution in [1.29, 1.82) is 0 Å². The van der Waals surface area contributed by atoms with Crippen LogP contribution in [0.1, 0.15) is 6.92 Å². The normalized spacial score (nSPS) is 16.2. The number of ether oxygens (including phenoxy) is 1. The number of carbonyl (C=O) groups is 1. The van der Waals surface area contributed by atoms with Gasteiger partial charge in [0.15, 0.2) is 0 Å². The van der Waals surface area contributed by atoms with Gasteiger partial charge in [0.05, 0.1) is 7.11 Å². The molecule has 11 heavy (non-hydrogen) atoms. The molecule has 0 bridgehead atoms. The van der Waals surface area contributed by atoms with E-state index in [-0.39, 0.29) is 6.09 Å². The minimum atomic E-state index is -0.303. The molecule has 3 heteroatoms.